The molecule has 1 aliphatic rings. The molecule has 3 aromatic rings. The number of aromatic nitrogens is 4. The molecule has 4 rings (SSSR count). The van der Waals surface area contributed by atoms with Crippen LogP contribution in [0.15, 0.2) is 41.6 Å². The zero-order valence-electron chi connectivity index (χ0n) is 15.7. The number of fused-ring (bicyclic) bond motifs is 1. The maximum Gasteiger partial charge on any atom is 0.264 e. The number of benzene rings is 1. The molecule has 0 saturated carbocycles. The van der Waals surface area contributed by atoms with Gasteiger partial charge in [0.25, 0.3) is 5.56 Å². The Morgan fingerprint density at radius 3 is 2.60 bits per heavy atom. The van der Waals surface area contributed by atoms with Crippen molar-refractivity contribution in [3.05, 3.63) is 52.7 Å². The second-order valence-corrected chi connectivity index (χ2v) is 9.28. The molecule has 2 aromatic heterocycles. The molecule has 1 atom stereocenters. The Balaban J connectivity index is 1.52. The van der Waals surface area contributed by atoms with E-state index in [1.807, 2.05) is 0 Å². The largest absolute Gasteiger partial charge is 0.366 e. The topological polar surface area (TPSA) is 159 Å². The number of sulfone groups is 1. The van der Waals surface area contributed by atoms with Crippen LogP contribution in [0.2, 0.25) is 0 Å². The average Bonchev–Trinajstić information content (AvgIpc) is 3.27. The second-order valence-electron chi connectivity index (χ2n) is 7.05. The summed E-state index contributed by atoms with van der Waals surface area (Å²) in [7, 11) is -3.11. The third kappa shape index (κ3) is 3.81. The summed E-state index contributed by atoms with van der Waals surface area (Å²) in [6.45, 7) is -0.275. The van der Waals surface area contributed by atoms with E-state index in [2.05, 4.69) is 15.4 Å². The van der Waals surface area contributed by atoms with Crippen LogP contribution in [-0.2, 0) is 21.2 Å². The van der Waals surface area contributed by atoms with Gasteiger partial charge >= 0.3 is 0 Å². The van der Waals surface area contributed by atoms with Crippen molar-refractivity contribution in [2.75, 3.05) is 16.8 Å². The molecule has 1 unspecified atom stereocenters. The zero-order chi connectivity index (χ0) is 21.5. The molecule has 0 radical (unpaired) electrons. The third-order valence-electron chi connectivity index (χ3n) is 4.90. The van der Waals surface area contributed by atoms with Gasteiger partial charge in [-0.05, 0) is 30.7 Å². The lowest BCUT2D eigenvalue weighted by Gasteiger charge is -2.10. The first-order valence-corrected chi connectivity index (χ1v) is 10.9. The second kappa shape index (κ2) is 7.37. The van der Waals surface area contributed by atoms with Crippen molar-refractivity contribution in [3.63, 3.8) is 0 Å². The first kappa shape index (κ1) is 19.8. The molecular weight excluding hydrogens is 412 g/mol. The number of nitrogens with two attached hydrogens (primary N) is 1. The summed E-state index contributed by atoms with van der Waals surface area (Å²) < 4.78 is 26.1. The monoisotopic (exact) mass is 430 g/mol. The molecule has 2 amide bonds. The lowest BCUT2D eigenvalue weighted by Crippen LogP contribution is -2.28. The summed E-state index contributed by atoms with van der Waals surface area (Å²) in [5.74, 6) is -0.990. The van der Waals surface area contributed by atoms with Crippen LogP contribution in [0.5, 0.6) is 0 Å². The van der Waals surface area contributed by atoms with E-state index in [1.54, 1.807) is 0 Å². The van der Waals surface area contributed by atoms with E-state index >= 15 is 0 Å². The average molecular weight is 430 g/mol. The van der Waals surface area contributed by atoms with Crippen molar-refractivity contribution in [3.8, 4) is 0 Å². The van der Waals surface area contributed by atoms with Gasteiger partial charge in [0.2, 0.25) is 11.8 Å². The molecule has 3 heterocycles. The fraction of sp³-hybridized carbons (Fsp3) is 0.278. The SMILES string of the molecule is NC(=O)c1ccc(NC(=O)Cn2cnc3c(cnn3C3CCS(=O)(=O)C3)c2=O)cc1. The van der Waals surface area contributed by atoms with Crippen LogP contribution >= 0.6 is 0 Å². The predicted octanol–water partition coefficient (Wildman–Crippen LogP) is -0.310. The van der Waals surface area contributed by atoms with E-state index < -0.39 is 27.2 Å². The van der Waals surface area contributed by atoms with Gasteiger partial charge in [-0.15, -0.1) is 0 Å². The van der Waals surface area contributed by atoms with E-state index in [0.29, 0.717) is 23.3 Å². The van der Waals surface area contributed by atoms with Gasteiger partial charge < -0.3 is 11.1 Å². The van der Waals surface area contributed by atoms with Gasteiger partial charge in [-0.2, -0.15) is 5.10 Å². The lowest BCUT2D eigenvalue weighted by atomic mass is 10.2. The summed E-state index contributed by atoms with van der Waals surface area (Å²) in [5.41, 5.74) is 5.77. The van der Waals surface area contributed by atoms with Crippen molar-refractivity contribution < 1.29 is 18.0 Å². The molecule has 12 heteroatoms. The Kier molecular flexibility index (Phi) is 4.86. The summed E-state index contributed by atoms with van der Waals surface area (Å²) in [4.78, 5) is 40.3. The van der Waals surface area contributed by atoms with Crippen molar-refractivity contribution in [2.24, 2.45) is 5.73 Å². The highest BCUT2D eigenvalue weighted by Crippen LogP contribution is 2.25. The highest BCUT2D eigenvalue weighted by atomic mass is 32.2. The quantitative estimate of drug-likeness (QED) is 0.561. The van der Waals surface area contributed by atoms with E-state index in [0.717, 1.165) is 4.57 Å². The molecule has 0 aliphatic carbocycles. The number of rotatable bonds is 5. The number of nitrogens with zero attached hydrogens (tertiary/aromatic N) is 4. The van der Waals surface area contributed by atoms with Crippen LogP contribution < -0.4 is 16.6 Å². The third-order valence-corrected chi connectivity index (χ3v) is 6.65. The van der Waals surface area contributed by atoms with Gasteiger partial charge in [0.15, 0.2) is 15.5 Å². The summed E-state index contributed by atoms with van der Waals surface area (Å²) >= 11 is 0. The number of carbonyl (C=O) groups excluding carboxylic acids is 2. The first-order valence-electron chi connectivity index (χ1n) is 9.06. The van der Waals surface area contributed by atoms with Crippen LogP contribution in [0.4, 0.5) is 5.69 Å². The maximum absolute atomic E-state index is 12.7. The number of primary amides is 1. The van der Waals surface area contributed by atoms with Crippen LogP contribution in [0, 0.1) is 0 Å². The number of nitrogens with one attached hydrogen (secondary N) is 1. The van der Waals surface area contributed by atoms with E-state index in [1.165, 1.54) is 41.5 Å². The minimum atomic E-state index is -3.11. The van der Waals surface area contributed by atoms with Gasteiger partial charge in [0.1, 0.15) is 18.3 Å². The molecular formula is C18H18N6O5S. The Hall–Kier alpha value is -3.54. The maximum atomic E-state index is 12.7. The summed E-state index contributed by atoms with van der Waals surface area (Å²) in [6.07, 6.45) is 3.00. The Bertz CT molecular complexity index is 1310. The molecule has 156 valence electrons. The number of anilines is 1. The van der Waals surface area contributed by atoms with Crippen LogP contribution in [0.25, 0.3) is 11.0 Å². The van der Waals surface area contributed by atoms with E-state index in [9.17, 15) is 22.8 Å². The van der Waals surface area contributed by atoms with E-state index in [4.69, 9.17) is 5.73 Å². The standard InChI is InChI=1S/C18H18N6O5S/c19-16(26)11-1-3-12(4-2-11)22-15(25)8-23-10-20-17-14(18(23)27)7-21-24(17)13-5-6-30(28,29)9-13/h1-4,7,10,13H,5-6,8-9H2,(H2,19,26)(H,22,25). The molecule has 0 bridgehead atoms. The van der Waals surface area contributed by atoms with E-state index in [-0.39, 0.29) is 29.5 Å². The highest BCUT2D eigenvalue weighted by Gasteiger charge is 2.31. The minimum Gasteiger partial charge on any atom is -0.366 e. The Morgan fingerprint density at radius 1 is 1.23 bits per heavy atom. The van der Waals surface area contributed by atoms with Gasteiger partial charge in [0.05, 0.1) is 23.7 Å². The predicted molar refractivity (Wildman–Crippen MR) is 108 cm³/mol. The number of hydrogen-bond donors (Lipinski definition) is 2. The molecule has 3 N–H and O–H groups in total. The first-order chi connectivity index (χ1) is 14.2. The molecule has 0 spiro atoms. The molecule has 30 heavy (non-hydrogen) atoms. The van der Waals surface area contributed by atoms with Crippen molar-refractivity contribution in [2.45, 2.75) is 19.0 Å². The van der Waals surface area contributed by atoms with Crippen molar-refractivity contribution >= 4 is 38.4 Å². The number of hydrogen-bond acceptors (Lipinski definition) is 7. The van der Waals surface area contributed by atoms with Crippen LogP contribution in [0.3, 0.4) is 0 Å². The van der Waals surface area contributed by atoms with Crippen molar-refractivity contribution in [1.29, 1.82) is 0 Å². The molecule has 1 aliphatic heterocycles. The van der Waals surface area contributed by atoms with Gasteiger partial charge in [-0.25, -0.2) is 18.1 Å². The summed E-state index contributed by atoms with van der Waals surface area (Å²) in [6, 6.07) is 5.66. The number of amides is 2. The lowest BCUT2D eigenvalue weighted by molar-refractivity contribution is -0.116. The van der Waals surface area contributed by atoms with Crippen molar-refractivity contribution in [1.82, 2.24) is 19.3 Å². The van der Waals surface area contributed by atoms with Gasteiger partial charge in [-0.1, -0.05) is 0 Å². The Labute approximate surface area is 170 Å². The van der Waals surface area contributed by atoms with Gasteiger partial charge in [-0.3, -0.25) is 19.0 Å². The molecule has 1 saturated heterocycles. The number of carbonyl (C=O) groups is 2. The highest BCUT2D eigenvalue weighted by molar-refractivity contribution is 7.91. The fourth-order valence-corrected chi connectivity index (χ4v) is 5.08. The minimum absolute atomic E-state index is 0.0362. The molecule has 1 fully saturated rings. The molecule has 11 nitrogen and oxygen atoms in total. The normalized spacial score (nSPS) is 17.8. The van der Waals surface area contributed by atoms with Gasteiger partial charge in [0, 0.05) is 11.3 Å². The van der Waals surface area contributed by atoms with Crippen LogP contribution in [-0.4, -0.2) is 51.1 Å². The zero-order valence-corrected chi connectivity index (χ0v) is 16.5. The Morgan fingerprint density at radius 2 is 1.97 bits per heavy atom. The summed E-state index contributed by atoms with van der Waals surface area (Å²) in [5, 5.41) is 6.99. The fourth-order valence-electron chi connectivity index (χ4n) is 3.39. The smallest absolute Gasteiger partial charge is 0.264 e. The van der Waals surface area contributed by atoms with Crippen LogP contribution in [0.1, 0.15) is 22.8 Å². The molecule has 1 aromatic carbocycles.